The standard InChI is InChI=1S/C18H22ClNO2/c1-6-9-20-15(21)13-8-7-12(19)10-14(13)18(5,16(20)22)11-17(2,3)4/h6-8,10H,1,9,11H2,2-5H3. The zero-order chi connectivity index (χ0) is 16.7. The predicted octanol–water partition coefficient (Wildman–Crippen LogP) is 4.20. The van der Waals surface area contributed by atoms with E-state index in [-0.39, 0.29) is 23.8 Å². The van der Waals surface area contributed by atoms with Crippen LogP contribution in [-0.4, -0.2) is 23.3 Å². The van der Waals surface area contributed by atoms with Crippen LogP contribution in [0, 0.1) is 5.41 Å². The van der Waals surface area contributed by atoms with Crippen molar-refractivity contribution in [3.05, 3.63) is 47.0 Å². The highest BCUT2D eigenvalue weighted by Gasteiger charge is 2.48. The van der Waals surface area contributed by atoms with Crippen molar-refractivity contribution < 1.29 is 9.59 Å². The van der Waals surface area contributed by atoms with Gasteiger partial charge in [-0.2, -0.15) is 0 Å². The van der Waals surface area contributed by atoms with Crippen molar-refractivity contribution in [2.24, 2.45) is 5.41 Å². The number of imide groups is 1. The molecular weight excluding hydrogens is 298 g/mol. The first-order chi connectivity index (χ1) is 10.1. The van der Waals surface area contributed by atoms with Gasteiger partial charge in [0, 0.05) is 17.1 Å². The molecule has 0 saturated carbocycles. The lowest BCUT2D eigenvalue weighted by molar-refractivity contribution is -0.135. The first-order valence-corrected chi connectivity index (χ1v) is 7.75. The Hall–Kier alpha value is -1.61. The summed E-state index contributed by atoms with van der Waals surface area (Å²) in [6, 6.07) is 5.16. The van der Waals surface area contributed by atoms with Gasteiger partial charge in [-0.15, -0.1) is 6.58 Å². The van der Waals surface area contributed by atoms with E-state index in [1.165, 1.54) is 4.90 Å². The first-order valence-electron chi connectivity index (χ1n) is 7.37. The van der Waals surface area contributed by atoms with E-state index in [0.717, 1.165) is 5.56 Å². The van der Waals surface area contributed by atoms with E-state index in [9.17, 15) is 9.59 Å². The van der Waals surface area contributed by atoms with Gasteiger partial charge < -0.3 is 0 Å². The summed E-state index contributed by atoms with van der Waals surface area (Å²) in [6.45, 7) is 12.0. The van der Waals surface area contributed by atoms with E-state index in [1.807, 2.05) is 6.92 Å². The summed E-state index contributed by atoms with van der Waals surface area (Å²) in [6.07, 6.45) is 2.21. The van der Waals surface area contributed by atoms with Crippen LogP contribution in [0.2, 0.25) is 5.02 Å². The van der Waals surface area contributed by atoms with Gasteiger partial charge in [0.15, 0.2) is 0 Å². The summed E-state index contributed by atoms with van der Waals surface area (Å²) >= 11 is 6.12. The van der Waals surface area contributed by atoms with Crippen molar-refractivity contribution in [1.29, 1.82) is 0 Å². The summed E-state index contributed by atoms with van der Waals surface area (Å²) in [5, 5.41) is 0.539. The molecule has 1 heterocycles. The van der Waals surface area contributed by atoms with E-state index in [2.05, 4.69) is 27.4 Å². The Morgan fingerprint density at radius 1 is 1.32 bits per heavy atom. The average Bonchev–Trinajstić information content (AvgIpc) is 2.40. The molecule has 1 aromatic carbocycles. The second kappa shape index (κ2) is 5.54. The van der Waals surface area contributed by atoms with Crippen LogP contribution in [0.5, 0.6) is 0 Å². The zero-order valence-electron chi connectivity index (χ0n) is 13.6. The number of hydrogen-bond acceptors (Lipinski definition) is 2. The molecule has 0 aromatic heterocycles. The highest BCUT2D eigenvalue weighted by Crippen LogP contribution is 2.43. The van der Waals surface area contributed by atoms with Crippen LogP contribution in [0.4, 0.5) is 0 Å². The average molecular weight is 320 g/mol. The highest BCUT2D eigenvalue weighted by atomic mass is 35.5. The van der Waals surface area contributed by atoms with E-state index < -0.39 is 5.41 Å². The maximum Gasteiger partial charge on any atom is 0.261 e. The first kappa shape index (κ1) is 16.8. The summed E-state index contributed by atoms with van der Waals surface area (Å²) in [5.74, 6) is -0.454. The predicted molar refractivity (Wildman–Crippen MR) is 89.1 cm³/mol. The number of carbonyl (C=O) groups is 2. The molecule has 2 rings (SSSR count). The van der Waals surface area contributed by atoms with Gasteiger partial charge >= 0.3 is 0 Å². The summed E-state index contributed by atoms with van der Waals surface area (Å²) in [5.41, 5.74) is 0.447. The van der Waals surface area contributed by atoms with Gasteiger partial charge in [-0.1, -0.05) is 38.4 Å². The number of rotatable bonds is 3. The number of carbonyl (C=O) groups excluding carboxylic acids is 2. The fourth-order valence-electron chi connectivity index (χ4n) is 3.34. The molecule has 1 aliphatic heterocycles. The fourth-order valence-corrected chi connectivity index (χ4v) is 3.51. The minimum absolute atomic E-state index is 0.0652. The number of fused-ring (bicyclic) bond motifs is 1. The summed E-state index contributed by atoms with van der Waals surface area (Å²) in [4.78, 5) is 26.9. The van der Waals surface area contributed by atoms with E-state index >= 15 is 0 Å². The normalized spacial score (nSPS) is 21.8. The third kappa shape index (κ3) is 2.82. The molecule has 1 unspecified atom stereocenters. The van der Waals surface area contributed by atoms with E-state index in [4.69, 9.17) is 11.6 Å². The number of halogens is 1. The minimum atomic E-state index is -0.768. The third-order valence-electron chi connectivity index (χ3n) is 3.96. The molecule has 2 amide bonds. The SMILES string of the molecule is C=CCN1C(=O)c2ccc(Cl)cc2C(C)(CC(C)(C)C)C1=O. The van der Waals surface area contributed by atoms with Gasteiger partial charge in [-0.25, -0.2) is 0 Å². The Morgan fingerprint density at radius 3 is 2.50 bits per heavy atom. The molecule has 0 fully saturated rings. The molecule has 118 valence electrons. The fraction of sp³-hybridized carbons (Fsp3) is 0.444. The highest BCUT2D eigenvalue weighted by molar-refractivity contribution is 6.31. The molecule has 0 saturated heterocycles. The van der Waals surface area contributed by atoms with Crippen molar-refractivity contribution in [2.45, 2.75) is 39.5 Å². The largest absolute Gasteiger partial charge is 0.274 e. The number of benzene rings is 1. The lowest BCUT2D eigenvalue weighted by Gasteiger charge is -2.42. The second-order valence-corrected chi connectivity index (χ2v) is 7.71. The molecule has 1 aliphatic rings. The van der Waals surface area contributed by atoms with Gasteiger partial charge in [0.1, 0.15) is 0 Å². The summed E-state index contributed by atoms with van der Waals surface area (Å²) in [7, 11) is 0. The molecule has 3 nitrogen and oxygen atoms in total. The van der Waals surface area contributed by atoms with Gasteiger partial charge in [0.05, 0.1) is 5.41 Å². The molecule has 1 aromatic rings. The zero-order valence-corrected chi connectivity index (χ0v) is 14.3. The minimum Gasteiger partial charge on any atom is -0.274 e. The van der Waals surface area contributed by atoms with E-state index in [0.29, 0.717) is 17.0 Å². The second-order valence-electron chi connectivity index (χ2n) is 7.27. The smallest absolute Gasteiger partial charge is 0.261 e. The lowest BCUT2D eigenvalue weighted by atomic mass is 9.67. The molecule has 0 N–H and O–H groups in total. The molecule has 0 radical (unpaired) electrons. The molecule has 0 aliphatic carbocycles. The third-order valence-corrected chi connectivity index (χ3v) is 4.20. The Bertz CT molecular complexity index is 645. The maximum absolute atomic E-state index is 13.0. The number of nitrogens with zero attached hydrogens (tertiary/aromatic N) is 1. The van der Waals surface area contributed by atoms with Crippen molar-refractivity contribution in [2.75, 3.05) is 6.54 Å². The van der Waals surface area contributed by atoms with Crippen LogP contribution in [0.25, 0.3) is 0 Å². The van der Waals surface area contributed by atoms with Crippen LogP contribution in [0.1, 0.15) is 50.0 Å². The Balaban J connectivity index is 2.67. The van der Waals surface area contributed by atoms with Gasteiger partial charge in [0.25, 0.3) is 5.91 Å². The quantitative estimate of drug-likeness (QED) is 0.618. The van der Waals surface area contributed by atoms with E-state index in [1.54, 1.807) is 24.3 Å². The van der Waals surface area contributed by atoms with Crippen molar-refractivity contribution in [3.8, 4) is 0 Å². The molecular formula is C18H22ClNO2. The summed E-state index contributed by atoms with van der Waals surface area (Å²) < 4.78 is 0. The maximum atomic E-state index is 13.0. The van der Waals surface area contributed by atoms with Crippen LogP contribution >= 0.6 is 11.6 Å². The lowest BCUT2D eigenvalue weighted by Crippen LogP contribution is -2.54. The van der Waals surface area contributed by atoms with Crippen molar-refractivity contribution >= 4 is 23.4 Å². The van der Waals surface area contributed by atoms with Crippen molar-refractivity contribution in [1.82, 2.24) is 4.90 Å². The Labute approximate surface area is 137 Å². The molecule has 1 atom stereocenters. The van der Waals surface area contributed by atoms with Crippen LogP contribution in [0.15, 0.2) is 30.9 Å². The Morgan fingerprint density at radius 2 is 1.95 bits per heavy atom. The van der Waals surface area contributed by atoms with Gasteiger partial charge in [0.2, 0.25) is 5.91 Å². The molecule has 0 spiro atoms. The van der Waals surface area contributed by atoms with Crippen LogP contribution < -0.4 is 0 Å². The van der Waals surface area contributed by atoms with Gasteiger partial charge in [-0.05, 0) is 42.5 Å². The molecule has 22 heavy (non-hydrogen) atoms. The molecule has 0 bridgehead atoms. The monoisotopic (exact) mass is 319 g/mol. The van der Waals surface area contributed by atoms with Crippen molar-refractivity contribution in [3.63, 3.8) is 0 Å². The topological polar surface area (TPSA) is 37.4 Å². The number of hydrogen-bond donors (Lipinski definition) is 0. The van der Waals surface area contributed by atoms with Crippen LogP contribution in [0.3, 0.4) is 0 Å². The number of amides is 2. The van der Waals surface area contributed by atoms with Gasteiger partial charge in [-0.3, -0.25) is 14.5 Å². The molecule has 4 heteroatoms. The van der Waals surface area contributed by atoms with Crippen LogP contribution in [-0.2, 0) is 10.2 Å². The Kier molecular flexibility index (Phi) is 4.22.